The number of thiazole rings is 1. The van der Waals surface area contributed by atoms with E-state index in [1.807, 2.05) is 31.0 Å². The SMILES string of the molecule is CCc1nc(C)c([C@H](C)N(C)CC(=O)NCc2ccco2)s1. The van der Waals surface area contributed by atoms with Gasteiger partial charge >= 0.3 is 0 Å². The Morgan fingerprint density at radius 3 is 2.91 bits per heavy atom. The van der Waals surface area contributed by atoms with E-state index >= 15 is 0 Å². The number of hydrogen-bond donors (Lipinski definition) is 1. The van der Waals surface area contributed by atoms with Crippen LogP contribution >= 0.6 is 11.3 Å². The molecule has 0 aliphatic carbocycles. The maximum absolute atomic E-state index is 12.0. The van der Waals surface area contributed by atoms with Crippen LogP contribution in [0.2, 0.25) is 0 Å². The van der Waals surface area contributed by atoms with Crippen LogP contribution in [0.5, 0.6) is 0 Å². The highest BCUT2D eigenvalue weighted by atomic mass is 32.1. The second-order valence-corrected chi connectivity index (χ2v) is 6.47. The zero-order chi connectivity index (χ0) is 16.1. The van der Waals surface area contributed by atoms with Crippen molar-refractivity contribution in [3.05, 3.63) is 39.7 Å². The maximum atomic E-state index is 12.0. The first-order valence-electron chi connectivity index (χ1n) is 7.46. The topological polar surface area (TPSA) is 58.4 Å². The summed E-state index contributed by atoms with van der Waals surface area (Å²) in [6.45, 7) is 7.03. The molecule has 0 saturated carbocycles. The molecule has 1 atom stereocenters. The second-order valence-electron chi connectivity index (χ2n) is 5.36. The standard InChI is InChI=1S/C16H23N3O2S/c1-5-15-18-11(2)16(22-15)12(3)19(4)10-14(20)17-9-13-7-6-8-21-13/h6-8,12H,5,9-10H2,1-4H3,(H,17,20)/t12-/m0/s1. The van der Waals surface area contributed by atoms with Gasteiger partial charge in [0.2, 0.25) is 5.91 Å². The van der Waals surface area contributed by atoms with Gasteiger partial charge in [0.15, 0.2) is 0 Å². The number of hydrogen-bond acceptors (Lipinski definition) is 5. The van der Waals surface area contributed by atoms with E-state index in [1.165, 1.54) is 4.88 Å². The zero-order valence-electron chi connectivity index (χ0n) is 13.5. The van der Waals surface area contributed by atoms with Crippen molar-refractivity contribution in [1.29, 1.82) is 0 Å². The van der Waals surface area contributed by atoms with Crippen LogP contribution in [0.1, 0.15) is 41.2 Å². The Morgan fingerprint density at radius 1 is 1.55 bits per heavy atom. The molecule has 2 heterocycles. The molecule has 2 rings (SSSR count). The van der Waals surface area contributed by atoms with E-state index in [2.05, 4.69) is 24.1 Å². The molecular formula is C16H23N3O2S. The van der Waals surface area contributed by atoms with Gasteiger partial charge in [0.05, 0.1) is 30.1 Å². The highest BCUT2D eigenvalue weighted by Crippen LogP contribution is 2.28. The van der Waals surface area contributed by atoms with E-state index in [0.717, 1.165) is 22.9 Å². The van der Waals surface area contributed by atoms with Crippen molar-refractivity contribution < 1.29 is 9.21 Å². The number of aryl methyl sites for hydroxylation is 2. The fraction of sp³-hybridized carbons (Fsp3) is 0.500. The molecule has 0 aromatic carbocycles. The van der Waals surface area contributed by atoms with Gasteiger partial charge < -0.3 is 9.73 Å². The van der Waals surface area contributed by atoms with E-state index in [0.29, 0.717) is 13.1 Å². The number of carbonyl (C=O) groups excluding carboxylic acids is 1. The molecule has 6 heteroatoms. The summed E-state index contributed by atoms with van der Waals surface area (Å²) in [6.07, 6.45) is 2.55. The molecule has 0 aliphatic rings. The molecule has 0 radical (unpaired) electrons. The van der Waals surface area contributed by atoms with Gasteiger partial charge in [-0.3, -0.25) is 9.69 Å². The van der Waals surface area contributed by atoms with Gasteiger partial charge in [0.1, 0.15) is 5.76 Å². The van der Waals surface area contributed by atoms with Crippen molar-refractivity contribution in [2.45, 2.75) is 39.8 Å². The predicted octanol–water partition coefficient (Wildman–Crippen LogP) is 2.92. The van der Waals surface area contributed by atoms with Crippen molar-refractivity contribution >= 4 is 17.2 Å². The molecule has 0 unspecified atom stereocenters. The van der Waals surface area contributed by atoms with Crippen LogP contribution in [-0.2, 0) is 17.8 Å². The largest absolute Gasteiger partial charge is 0.467 e. The molecule has 22 heavy (non-hydrogen) atoms. The lowest BCUT2D eigenvalue weighted by molar-refractivity contribution is -0.122. The minimum atomic E-state index is -0.0105. The molecule has 0 bridgehead atoms. The molecule has 1 amide bonds. The van der Waals surface area contributed by atoms with Crippen LogP contribution in [0, 0.1) is 6.92 Å². The van der Waals surface area contributed by atoms with Crippen LogP contribution in [0.3, 0.4) is 0 Å². The first-order chi connectivity index (χ1) is 10.5. The molecule has 120 valence electrons. The van der Waals surface area contributed by atoms with Crippen molar-refractivity contribution in [2.24, 2.45) is 0 Å². The lowest BCUT2D eigenvalue weighted by Gasteiger charge is -2.23. The maximum Gasteiger partial charge on any atom is 0.234 e. The molecule has 1 N–H and O–H groups in total. The first kappa shape index (κ1) is 16.7. The summed E-state index contributed by atoms with van der Waals surface area (Å²) >= 11 is 1.73. The Morgan fingerprint density at radius 2 is 2.32 bits per heavy atom. The molecule has 0 spiro atoms. The van der Waals surface area contributed by atoms with Crippen LogP contribution in [0.4, 0.5) is 0 Å². The number of nitrogens with zero attached hydrogens (tertiary/aromatic N) is 2. The Kier molecular flexibility index (Phi) is 5.74. The Bertz CT molecular complexity index is 607. The number of amides is 1. The van der Waals surface area contributed by atoms with E-state index in [4.69, 9.17) is 4.42 Å². The zero-order valence-corrected chi connectivity index (χ0v) is 14.4. The van der Waals surface area contributed by atoms with Gasteiger partial charge in [-0.15, -0.1) is 11.3 Å². The van der Waals surface area contributed by atoms with Gasteiger partial charge in [0, 0.05) is 10.9 Å². The molecular weight excluding hydrogens is 298 g/mol. The molecule has 0 fully saturated rings. The summed E-state index contributed by atoms with van der Waals surface area (Å²) in [7, 11) is 1.96. The highest BCUT2D eigenvalue weighted by molar-refractivity contribution is 7.11. The normalized spacial score (nSPS) is 12.6. The molecule has 2 aromatic heterocycles. The van der Waals surface area contributed by atoms with Gasteiger partial charge in [-0.25, -0.2) is 4.98 Å². The smallest absolute Gasteiger partial charge is 0.234 e. The van der Waals surface area contributed by atoms with Gasteiger partial charge in [-0.2, -0.15) is 0 Å². The number of nitrogens with one attached hydrogen (secondary N) is 1. The number of aromatic nitrogens is 1. The van der Waals surface area contributed by atoms with Crippen molar-refractivity contribution in [2.75, 3.05) is 13.6 Å². The fourth-order valence-corrected chi connectivity index (χ4v) is 3.35. The second kappa shape index (κ2) is 7.56. The van der Waals surface area contributed by atoms with E-state index < -0.39 is 0 Å². The van der Waals surface area contributed by atoms with E-state index in [1.54, 1.807) is 17.6 Å². The third kappa shape index (κ3) is 4.18. The Hall–Kier alpha value is -1.66. The molecule has 0 aliphatic heterocycles. The summed E-state index contributed by atoms with van der Waals surface area (Å²) in [5.74, 6) is 0.749. The van der Waals surface area contributed by atoms with Gasteiger partial charge in [-0.1, -0.05) is 6.92 Å². The predicted molar refractivity (Wildman–Crippen MR) is 87.8 cm³/mol. The van der Waals surface area contributed by atoms with Crippen LogP contribution < -0.4 is 5.32 Å². The molecule has 0 saturated heterocycles. The third-order valence-electron chi connectivity index (χ3n) is 3.65. The lowest BCUT2D eigenvalue weighted by atomic mass is 10.2. The first-order valence-corrected chi connectivity index (χ1v) is 8.28. The summed E-state index contributed by atoms with van der Waals surface area (Å²) < 4.78 is 5.20. The summed E-state index contributed by atoms with van der Waals surface area (Å²) in [6, 6.07) is 3.83. The Balaban J connectivity index is 1.88. The minimum Gasteiger partial charge on any atom is -0.467 e. The monoisotopic (exact) mass is 321 g/mol. The van der Waals surface area contributed by atoms with Crippen molar-refractivity contribution in [1.82, 2.24) is 15.2 Å². The third-order valence-corrected chi connectivity index (χ3v) is 5.12. The summed E-state index contributed by atoms with van der Waals surface area (Å²) in [4.78, 5) is 19.9. The number of rotatable bonds is 7. The van der Waals surface area contributed by atoms with E-state index in [-0.39, 0.29) is 11.9 Å². The quantitative estimate of drug-likeness (QED) is 0.852. The average molecular weight is 321 g/mol. The van der Waals surface area contributed by atoms with E-state index in [9.17, 15) is 4.79 Å². The van der Waals surface area contributed by atoms with Gasteiger partial charge in [0.25, 0.3) is 0 Å². The fourth-order valence-electron chi connectivity index (χ4n) is 2.22. The number of furan rings is 1. The van der Waals surface area contributed by atoms with Crippen molar-refractivity contribution in [3.63, 3.8) is 0 Å². The van der Waals surface area contributed by atoms with Crippen molar-refractivity contribution in [3.8, 4) is 0 Å². The van der Waals surface area contributed by atoms with Crippen LogP contribution in [0.25, 0.3) is 0 Å². The highest BCUT2D eigenvalue weighted by Gasteiger charge is 2.19. The molecule has 2 aromatic rings. The Labute approximate surface area is 135 Å². The van der Waals surface area contributed by atoms with Crippen LogP contribution in [-0.4, -0.2) is 29.4 Å². The van der Waals surface area contributed by atoms with Gasteiger partial charge in [-0.05, 0) is 39.4 Å². The van der Waals surface area contributed by atoms with Crippen LogP contribution in [0.15, 0.2) is 22.8 Å². The molecule has 5 nitrogen and oxygen atoms in total. The number of carbonyl (C=O) groups is 1. The summed E-state index contributed by atoms with van der Waals surface area (Å²) in [5.41, 5.74) is 1.07. The number of likely N-dealkylation sites (N-methyl/N-ethyl adjacent to an activating group) is 1. The average Bonchev–Trinajstić information content (AvgIpc) is 3.13. The minimum absolute atomic E-state index is 0.0105. The summed E-state index contributed by atoms with van der Waals surface area (Å²) in [5, 5.41) is 4.01. The lowest BCUT2D eigenvalue weighted by Crippen LogP contribution is -2.36.